The highest BCUT2D eigenvalue weighted by atomic mass is 32.2. The minimum atomic E-state index is -1.78. The summed E-state index contributed by atoms with van der Waals surface area (Å²) >= 11 is 3.69. The number of thioether (sulfide) groups is 2. The van der Waals surface area contributed by atoms with Crippen molar-refractivity contribution < 1.29 is 43.2 Å². The number of carbonyl (C=O) groups excluding carboxylic acids is 2. The number of oxime groups is 1. The van der Waals surface area contributed by atoms with Crippen LogP contribution in [0.3, 0.4) is 0 Å². The lowest BCUT2D eigenvalue weighted by atomic mass is 10.00. The number of nitrogen functional groups attached to an aromatic ring is 1. The number of β-lactam (4-membered cyclic amide) rings is 1. The molecule has 0 aliphatic carbocycles. The van der Waals surface area contributed by atoms with Gasteiger partial charge >= 0.3 is 11.9 Å². The van der Waals surface area contributed by atoms with Crippen molar-refractivity contribution in [3.63, 3.8) is 0 Å². The third kappa shape index (κ3) is 7.57. The standard InChI is InChI=1S/C34H39FN8O7S3/c1-5-41-9-7-24(19-11-20(35)18(12-22(19)41)23-13-37-8-10-42(23)6-2)51-14-17-15-52-30-26(29(45)43(30)27(17)31(46)47)39-28(44)25(21-16-53-33(36)38-21)40-50-34(3,4)32(48)49/h7,9,11-12,16,23,26,30,37H,5-6,8,10,13-15H2,1-4H3,(H4-,36,38,39,44,46,47,48,49)/p+1/t23?,26?,30-/m0/s1. The number of carboxylic acid groups (broad SMARTS) is 2. The summed E-state index contributed by atoms with van der Waals surface area (Å²) in [6, 6.07) is 4.18. The number of thiazole rings is 1. The van der Waals surface area contributed by atoms with Crippen molar-refractivity contribution in [3.05, 3.63) is 58.1 Å². The molecule has 1 aromatic carbocycles. The van der Waals surface area contributed by atoms with Gasteiger partial charge in [0.1, 0.15) is 35.2 Å². The molecule has 282 valence electrons. The number of rotatable bonds is 13. The molecule has 53 heavy (non-hydrogen) atoms. The average molecular weight is 788 g/mol. The number of benzene rings is 1. The van der Waals surface area contributed by atoms with Gasteiger partial charge in [-0.15, -0.1) is 34.9 Å². The number of halogens is 1. The van der Waals surface area contributed by atoms with Crippen LogP contribution in [0.25, 0.3) is 10.9 Å². The molecule has 0 bridgehead atoms. The highest BCUT2D eigenvalue weighted by Gasteiger charge is 2.54. The Labute approximate surface area is 316 Å². The second kappa shape index (κ2) is 15.6. The smallest absolute Gasteiger partial charge is 0.352 e. The fourth-order valence-electron chi connectivity index (χ4n) is 6.40. The lowest BCUT2D eigenvalue weighted by Gasteiger charge is -2.49. The molecule has 0 spiro atoms. The Hall–Kier alpha value is -4.30. The number of aryl methyl sites for hydroxylation is 1. The SMILES string of the molecule is CCN1CCNCC1c1cc2c(cc1F)c(SCC1=C(C(=O)O)N3C(=O)C(NC(=O)C(=NOC(C)(C)C(=O)O)c4csc(N)n4)[C@@H]3SC1)cc[n+]2CC. The van der Waals surface area contributed by atoms with Crippen LogP contribution in [0.15, 0.2) is 51.1 Å². The van der Waals surface area contributed by atoms with E-state index in [1.807, 2.05) is 25.3 Å². The molecule has 2 saturated heterocycles. The summed E-state index contributed by atoms with van der Waals surface area (Å²) in [5.41, 5.74) is 5.43. The largest absolute Gasteiger partial charge is 0.478 e. The van der Waals surface area contributed by atoms with E-state index in [0.29, 0.717) is 29.6 Å². The van der Waals surface area contributed by atoms with Gasteiger partial charge < -0.3 is 31.4 Å². The number of aliphatic carboxylic acids is 2. The maximum Gasteiger partial charge on any atom is 0.352 e. The van der Waals surface area contributed by atoms with Gasteiger partial charge in [-0.2, -0.15) is 4.57 Å². The monoisotopic (exact) mass is 787 g/mol. The van der Waals surface area contributed by atoms with E-state index in [1.165, 1.54) is 42.8 Å². The average Bonchev–Trinajstić information content (AvgIpc) is 3.57. The second-order valence-electron chi connectivity index (χ2n) is 13.0. The lowest BCUT2D eigenvalue weighted by molar-refractivity contribution is -0.668. The van der Waals surface area contributed by atoms with Gasteiger partial charge in [0.2, 0.25) is 11.1 Å². The fourth-order valence-corrected chi connectivity index (χ4v) is 9.47. The van der Waals surface area contributed by atoms with Crippen LogP contribution in [0, 0.1) is 5.82 Å². The third-order valence-corrected chi connectivity index (χ3v) is 12.5. The predicted octanol–water partition coefficient (Wildman–Crippen LogP) is 2.41. The van der Waals surface area contributed by atoms with Crippen molar-refractivity contribution in [3.8, 4) is 0 Å². The number of carboxylic acids is 2. The number of nitrogens with one attached hydrogen (secondary N) is 2. The van der Waals surface area contributed by atoms with Crippen LogP contribution >= 0.6 is 34.9 Å². The highest BCUT2D eigenvalue weighted by molar-refractivity contribution is 8.01. The molecule has 6 rings (SSSR count). The molecule has 2 unspecified atom stereocenters. The normalized spacial score (nSPS) is 21.0. The molecule has 2 amide bonds. The van der Waals surface area contributed by atoms with Crippen LogP contribution in [0.4, 0.5) is 9.52 Å². The summed E-state index contributed by atoms with van der Waals surface area (Å²) in [6.45, 7) is 10.4. The molecule has 15 nitrogen and oxygen atoms in total. The number of hydrogen-bond acceptors (Lipinski definition) is 13. The van der Waals surface area contributed by atoms with Gasteiger partial charge in [-0.05, 0) is 39.0 Å². The van der Waals surface area contributed by atoms with Gasteiger partial charge in [-0.25, -0.2) is 19.0 Å². The van der Waals surface area contributed by atoms with E-state index < -0.39 is 46.5 Å². The molecule has 2 fully saturated rings. The number of pyridine rings is 1. The molecule has 5 heterocycles. The van der Waals surface area contributed by atoms with Crippen molar-refractivity contribution in [1.82, 2.24) is 25.4 Å². The summed E-state index contributed by atoms with van der Waals surface area (Å²) in [5, 5.41) is 31.0. The van der Waals surface area contributed by atoms with Crippen molar-refractivity contribution in [1.29, 1.82) is 0 Å². The molecule has 3 aromatic rings. The Balaban J connectivity index is 1.22. The molecule has 6 N–H and O–H groups in total. The third-order valence-electron chi connectivity index (χ3n) is 9.35. The first kappa shape index (κ1) is 38.4. The Morgan fingerprint density at radius 3 is 2.72 bits per heavy atom. The maximum atomic E-state index is 15.9. The van der Waals surface area contributed by atoms with Crippen molar-refractivity contribution in [2.24, 2.45) is 5.16 Å². The molecule has 3 atom stereocenters. The zero-order valence-electron chi connectivity index (χ0n) is 29.4. The van der Waals surface area contributed by atoms with Gasteiger partial charge in [0, 0.05) is 59.1 Å². The molecule has 2 aromatic heterocycles. The van der Waals surface area contributed by atoms with Gasteiger partial charge in [-0.3, -0.25) is 19.4 Å². The van der Waals surface area contributed by atoms with Gasteiger partial charge in [0.15, 0.2) is 17.0 Å². The van der Waals surface area contributed by atoms with E-state index in [4.69, 9.17) is 10.6 Å². The molecule has 0 saturated carbocycles. The van der Waals surface area contributed by atoms with Crippen molar-refractivity contribution in [2.45, 2.75) is 62.2 Å². The van der Waals surface area contributed by atoms with Crippen LogP contribution < -0.4 is 20.9 Å². The van der Waals surface area contributed by atoms with E-state index >= 15 is 4.39 Å². The number of nitrogens with two attached hydrogens (primary N) is 1. The fraction of sp³-hybridized carbons (Fsp3) is 0.441. The van der Waals surface area contributed by atoms with E-state index in [2.05, 4.69) is 37.2 Å². The number of hydrogen-bond donors (Lipinski definition) is 5. The Bertz CT molecular complexity index is 2040. The molecule has 3 aliphatic heterocycles. The Morgan fingerprint density at radius 1 is 1.28 bits per heavy atom. The van der Waals surface area contributed by atoms with Gasteiger partial charge in [-0.1, -0.05) is 12.1 Å². The molecular weight excluding hydrogens is 748 g/mol. The first-order valence-corrected chi connectivity index (χ1v) is 19.8. The highest BCUT2D eigenvalue weighted by Crippen LogP contribution is 2.42. The molecule has 0 radical (unpaired) electrons. The molecule has 3 aliphatic rings. The van der Waals surface area contributed by atoms with Crippen LogP contribution in [0.1, 0.15) is 45.0 Å². The van der Waals surface area contributed by atoms with E-state index in [9.17, 15) is 29.4 Å². The number of anilines is 1. The van der Waals surface area contributed by atoms with E-state index in [-0.39, 0.29) is 39.9 Å². The Morgan fingerprint density at radius 2 is 2.06 bits per heavy atom. The number of piperazine rings is 1. The quantitative estimate of drug-likeness (QED) is 0.0556. The van der Waals surface area contributed by atoms with E-state index in [1.54, 1.807) is 6.07 Å². The molecule has 19 heteroatoms. The van der Waals surface area contributed by atoms with E-state index in [0.717, 1.165) is 46.3 Å². The number of carbonyl (C=O) groups is 4. The minimum Gasteiger partial charge on any atom is -0.478 e. The zero-order valence-corrected chi connectivity index (χ0v) is 31.9. The second-order valence-corrected chi connectivity index (χ2v) is 16.0. The number of likely N-dealkylation sites (N-methyl/N-ethyl adjacent to an activating group) is 1. The van der Waals surface area contributed by atoms with Crippen LogP contribution in [0.2, 0.25) is 0 Å². The van der Waals surface area contributed by atoms with Gasteiger partial charge in [0.05, 0.1) is 11.4 Å². The topological polar surface area (TPSA) is 204 Å². The Kier molecular flexibility index (Phi) is 11.3. The van der Waals surface area contributed by atoms with Crippen LogP contribution in [0.5, 0.6) is 0 Å². The lowest BCUT2D eigenvalue weighted by Crippen LogP contribution is -2.71. The van der Waals surface area contributed by atoms with Crippen LogP contribution in [-0.2, 0) is 30.6 Å². The maximum absolute atomic E-state index is 15.9. The summed E-state index contributed by atoms with van der Waals surface area (Å²) in [7, 11) is 0. The summed E-state index contributed by atoms with van der Waals surface area (Å²) < 4.78 is 17.9. The zero-order chi connectivity index (χ0) is 38.2. The predicted molar refractivity (Wildman–Crippen MR) is 199 cm³/mol. The number of aromatic nitrogens is 2. The van der Waals surface area contributed by atoms with Gasteiger partial charge in [0.25, 0.3) is 11.8 Å². The minimum absolute atomic E-state index is 0.0134. The number of fused-ring (bicyclic) bond motifs is 2. The number of nitrogens with zero attached hydrogens (tertiary/aromatic N) is 5. The first-order chi connectivity index (χ1) is 25.2. The summed E-state index contributed by atoms with van der Waals surface area (Å²) in [5.74, 6) is -3.94. The molecular formula is C34H40FN8O7S3+. The van der Waals surface area contributed by atoms with Crippen LogP contribution in [-0.4, -0.2) is 109 Å². The first-order valence-electron chi connectivity index (χ1n) is 16.9. The summed E-state index contributed by atoms with van der Waals surface area (Å²) in [4.78, 5) is 64.5. The van der Waals surface area contributed by atoms with Crippen molar-refractivity contribution in [2.75, 3.05) is 43.4 Å². The summed E-state index contributed by atoms with van der Waals surface area (Å²) in [6.07, 6.45) is 1.94. The number of amides is 2. The van der Waals surface area contributed by atoms with Crippen molar-refractivity contribution >= 4 is 80.4 Å².